The molecule has 1 aliphatic heterocycles. The van der Waals surface area contributed by atoms with Gasteiger partial charge in [-0.1, -0.05) is 17.7 Å². The molecule has 0 bridgehead atoms. The highest BCUT2D eigenvalue weighted by molar-refractivity contribution is 6.16. The second-order valence-electron chi connectivity index (χ2n) is 4.68. The number of rotatable bonds is 3. The summed E-state index contributed by atoms with van der Waals surface area (Å²) < 4.78 is 8.01. The van der Waals surface area contributed by atoms with Crippen molar-refractivity contribution in [2.24, 2.45) is 0 Å². The van der Waals surface area contributed by atoms with Crippen LogP contribution in [0.3, 0.4) is 0 Å². The first-order valence-corrected chi connectivity index (χ1v) is 6.62. The van der Waals surface area contributed by atoms with Crippen LogP contribution >= 0.6 is 11.6 Å². The van der Waals surface area contributed by atoms with E-state index in [4.69, 9.17) is 16.3 Å². The maximum Gasteiger partial charge on any atom is 0.123 e. The number of aromatic nitrogens is 2. The van der Waals surface area contributed by atoms with Gasteiger partial charge in [0.2, 0.25) is 0 Å². The largest absolute Gasteiger partial charge is 0.488 e. The normalized spacial score (nSPS) is 17.6. The van der Waals surface area contributed by atoms with Crippen molar-refractivity contribution in [2.45, 2.75) is 31.9 Å². The molecule has 3 rings (SSSR count). The summed E-state index contributed by atoms with van der Waals surface area (Å²) in [6.45, 7) is 2.91. The number of alkyl halides is 1. The van der Waals surface area contributed by atoms with Crippen molar-refractivity contribution in [3.63, 3.8) is 0 Å². The molecule has 0 fully saturated rings. The number of hydrogen-bond donors (Lipinski definition) is 0. The number of nitrogens with zero attached hydrogens (tertiary/aromatic N) is 2. The summed E-state index contributed by atoms with van der Waals surface area (Å²) in [6, 6.07) is 6.34. The Kier molecular flexibility index (Phi) is 3.00. The van der Waals surface area contributed by atoms with Gasteiger partial charge < -0.3 is 9.30 Å². The number of halogens is 1. The number of benzene rings is 1. The lowest BCUT2D eigenvalue weighted by Crippen LogP contribution is -2.21. The summed E-state index contributed by atoms with van der Waals surface area (Å²) in [5, 5.41) is 0. The highest BCUT2D eigenvalue weighted by atomic mass is 35.5. The molecule has 0 saturated heterocycles. The van der Waals surface area contributed by atoms with Gasteiger partial charge in [-0.2, -0.15) is 0 Å². The summed E-state index contributed by atoms with van der Waals surface area (Å²) >= 11 is 5.84. The minimum Gasteiger partial charge on any atom is -0.488 e. The molecule has 1 aromatic carbocycles. The summed E-state index contributed by atoms with van der Waals surface area (Å²) in [5.74, 6) is 2.34. The molecule has 0 radical (unpaired) electrons. The van der Waals surface area contributed by atoms with Crippen molar-refractivity contribution in [3.8, 4) is 5.75 Å². The smallest absolute Gasteiger partial charge is 0.123 e. The van der Waals surface area contributed by atoms with Crippen LogP contribution in [-0.4, -0.2) is 15.7 Å². The monoisotopic (exact) mass is 262 g/mol. The number of imidazole rings is 1. The number of aryl methyl sites for hydroxylation is 1. The first-order chi connectivity index (χ1) is 8.76. The van der Waals surface area contributed by atoms with Crippen LogP contribution in [0.15, 0.2) is 30.6 Å². The third-order valence-electron chi connectivity index (χ3n) is 3.28. The Balaban J connectivity index is 1.75. The first kappa shape index (κ1) is 11.6. The molecule has 0 saturated carbocycles. The molecule has 1 atom stereocenters. The van der Waals surface area contributed by atoms with E-state index in [9.17, 15) is 0 Å². The SMILES string of the molecule is Cc1ccc2c(c1)CC(Cn1ccnc1CCl)O2. The fourth-order valence-corrected chi connectivity index (χ4v) is 2.63. The van der Waals surface area contributed by atoms with Crippen LogP contribution in [0.25, 0.3) is 0 Å². The zero-order valence-corrected chi connectivity index (χ0v) is 11.0. The molecule has 1 unspecified atom stereocenters. The van der Waals surface area contributed by atoms with E-state index in [1.54, 1.807) is 6.20 Å². The second-order valence-corrected chi connectivity index (χ2v) is 4.95. The summed E-state index contributed by atoms with van der Waals surface area (Å²) in [5.41, 5.74) is 2.58. The van der Waals surface area contributed by atoms with Crippen molar-refractivity contribution < 1.29 is 4.74 Å². The highest BCUT2D eigenvalue weighted by Gasteiger charge is 2.23. The van der Waals surface area contributed by atoms with Crippen LogP contribution in [0.4, 0.5) is 0 Å². The van der Waals surface area contributed by atoms with Crippen LogP contribution in [-0.2, 0) is 18.8 Å². The van der Waals surface area contributed by atoms with Crippen molar-refractivity contribution in [3.05, 3.63) is 47.5 Å². The lowest BCUT2D eigenvalue weighted by molar-refractivity contribution is 0.208. The van der Waals surface area contributed by atoms with Crippen molar-refractivity contribution in [1.82, 2.24) is 9.55 Å². The maximum atomic E-state index is 5.94. The Morgan fingerprint density at radius 1 is 1.50 bits per heavy atom. The zero-order chi connectivity index (χ0) is 12.5. The highest BCUT2D eigenvalue weighted by Crippen LogP contribution is 2.30. The van der Waals surface area contributed by atoms with E-state index in [1.807, 2.05) is 6.20 Å². The predicted octanol–water partition coefficient (Wildman–Crippen LogP) is 2.93. The molecule has 2 heterocycles. The van der Waals surface area contributed by atoms with E-state index in [-0.39, 0.29) is 6.10 Å². The van der Waals surface area contributed by atoms with Gasteiger partial charge >= 0.3 is 0 Å². The summed E-state index contributed by atoms with van der Waals surface area (Å²) in [4.78, 5) is 4.22. The van der Waals surface area contributed by atoms with Crippen LogP contribution in [0.1, 0.15) is 17.0 Å². The Morgan fingerprint density at radius 2 is 2.39 bits per heavy atom. The van der Waals surface area contributed by atoms with Gasteiger partial charge in [0.15, 0.2) is 0 Å². The Bertz CT molecular complexity index is 565. The third kappa shape index (κ3) is 2.10. The van der Waals surface area contributed by atoms with E-state index in [2.05, 4.69) is 34.7 Å². The molecule has 1 aliphatic rings. The van der Waals surface area contributed by atoms with Crippen LogP contribution in [0, 0.1) is 6.92 Å². The second kappa shape index (κ2) is 4.65. The lowest BCUT2D eigenvalue weighted by atomic mass is 10.1. The predicted molar refractivity (Wildman–Crippen MR) is 71.1 cm³/mol. The minimum absolute atomic E-state index is 0.179. The van der Waals surface area contributed by atoms with Gasteiger partial charge in [-0.3, -0.25) is 0 Å². The van der Waals surface area contributed by atoms with Crippen molar-refractivity contribution >= 4 is 11.6 Å². The maximum absolute atomic E-state index is 5.94. The minimum atomic E-state index is 0.179. The molecule has 3 nitrogen and oxygen atoms in total. The van der Waals surface area contributed by atoms with Gasteiger partial charge in [0.1, 0.15) is 17.7 Å². The van der Waals surface area contributed by atoms with E-state index >= 15 is 0 Å². The summed E-state index contributed by atoms with van der Waals surface area (Å²) in [6.07, 6.45) is 4.87. The van der Waals surface area contributed by atoms with Crippen molar-refractivity contribution in [1.29, 1.82) is 0 Å². The van der Waals surface area contributed by atoms with E-state index in [0.717, 1.165) is 24.5 Å². The molecule has 0 spiro atoms. The molecule has 4 heteroatoms. The molecular formula is C14H15ClN2O. The van der Waals surface area contributed by atoms with Crippen LogP contribution < -0.4 is 4.74 Å². The average Bonchev–Trinajstić information content (AvgIpc) is 2.94. The summed E-state index contributed by atoms with van der Waals surface area (Å²) in [7, 11) is 0. The number of ether oxygens (including phenoxy) is 1. The Morgan fingerprint density at radius 3 is 3.22 bits per heavy atom. The quantitative estimate of drug-likeness (QED) is 0.796. The third-order valence-corrected chi connectivity index (χ3v) is 3.52. The Labute approximate surface area is 111 Å². The van der Waals surface area contributed by atoms with Crippen molar-refractivity contribution in [2.75, 3.05) is 0 Å². The molecule has 0 aliphatic carbocycles. The van der Waals surface area contributed by atoms with Crippen LogP contribution in [0.5, 0.6) is 5.75 Å². The standard InChI is InChI=1S/C14H15ClN2O/c1-10-2-3-13-11(6-10)7-12(18-13)9-17-5-4-16-14(17)8-15/h2-6,12H,7-9H2,1H3. The molecule has 2 aromatic rings. The van der Waals surface area contributed by atoms with E-state index in [0.29, 0.717) is 5.88 Å². The van der Waals surface area contributed by atoms with Gasteiger partial charge in [0.05, 0.1) is 12.4 Å². The fourth-order valence-electron chi connectivity index (χ4n) is 2.41. The van der Waals surface area contributed by atoms with Gasteiger partial charge in [-0.05, 0) is 18.6 Å². The fraction of sp³-hybridized carbons (Fsp3) is 0.357. The molecular weight excluding hydrogens is 248 g/mol. The number of fused-ring (bicyclic) bond motifs is 1. The molecule has 0 amide bonds. The Hall–Kier alpha value is -1.48. The first-order valence-electron chi connectivity index (χ1n) is 6.08. The molecule has 0 N–H and O–H groups in total. The van der Waals surface area contributed by atoms with Gasteiger partial charge in [0, 0.05) is 18.8 Å². The lowest BCUT2D eigenvalue weighted by Gasteiger charge is -2.12. The molecule has 18 heavy (non-hydrogen) atoms. The van der Waals surface area contributed by atoms with E-state index in [1.165, 1.54) is 11.1 Å². The topological polar surface area (TPSA) is 27.1 Å². The van der Waals surface area contributed by atoms with Gasteiger partial charge in [-0.15, -0.1) is 11.6 Å². The van der Waals surface area contributed by atoms with Gasteiger partial charge in [0.25, 0.3) is 0 Å². The molecule has 1 aromatic heterocycles. The number of hydrogen-bond acceptors (Lipinski definition) is 2. The molecule has 94 valence electrons. The van der Waals surface area contributed by atoms with E-state index < -0.39 is 0 Å². The van der Waals surface area contributed by atoms with Crippen LogP contribution in [0.2, 0.25) is 0 Å². The van der Waals surface area contributed by atoms with Gasteiger partial charge in [-0.25, -0.2) is 4.98 Å². The zero-order valence-electron chi connectivity index (χ0n) is 10.3. The average molecular weight is 263 g/mol.